The molecule has 0 saturated carbocycles. The third-order valence-corrected chi connectivity index (χ3v) is 4.63. The van der Waals surface area contributed by atoms with Crippen LogP contribution in [0.5, 0.6) is 0 Å². The van der Waals surface area contributed by atoms with Gasteiger partial charge in [-0.05, 0) is 29.7 Å². The number of hydrogen-bond acceptors (Lipinski definition) is 2. The lowest BCUT2D eigenvalue weighted by Crippen LogP contribution is -2.28. The molecular formula is C19H18F3NO2. The van der Waals surface area contributed by atoms with E-state index in [9.17, 15) is 23.1 Å². The van der Waals surface area contributed by atoms with Gasteiger partial charge in [-0.1, -0.05) is 42.5 Å². The molecule has 0 aliphatic carbocycles. The van der Waals surface area contributed by atoms with Crippen LogP contribution < -0.4 is 0 Å². The van der Waals surface area contributed by atoms with Crippen LogP contribution >= 0.6 is 0 Å². The zero-order chi connectivity index (χ0) is 18.0. The quantitative estimate of drug-likeness (QED) is 0.892. The van der Waals surface area contributed by atoms with Crippen molar-refractivity contribution in [3.63, 3.8) is 0 Å². The Labute approximate surface area is 143 Å². The molecule has 1 fully saturated rings. The molecule has 1 saturated heterocycles. The summed E-state index contributed by atoms with van der Waals surface area (Å²) in [7, 11) is 0. The van der Waals surface area contributed by atoms with Crippen molar-refractivity contribution in [2.45, 2.75) is 25.2 Å². The minimum atomic E-state index is -4.40. The lowest BCUT2D eigenvalue weighted by Gasteiger charge is -2.27. The summed E-state index contributed by atoms with van der Waals surface area (Å²) in [5.74, 6) is -1.54. The average molecular weight is 349 g/mol. The van der Waals surface area contributed by atoms with Crippen molar-refractivity contribution in [2.75, 3.05) is 6.54 Å². The Bertz CT molecular complexity index is 729. The average Bonchev–Trinajstić information content (AvgIpc) is 2.99. The second kappa shape index (κ2) is 6.88. The van der Waals surface area contributed by atoms with Gasteiger partial charge in [0.05, 0.1) is 11.5 Å². The van der Waals surface area contributed by atoms with Crippen molar-refractivity contribution < 1.29 is 23.1 Å². The lowest BCUT2D eigenvalue weighted by atomic mass is 9.93. The Balaban J connectivity index is 1.88. The van der Waals surface area contributed by atoms with Crippen LogP contribution in [-0.4, -0.2) is 22.5 Å². The highest BCUT2D eigenvalue weighted by Gasteiger charge is 2.40. The highest BCUT2D eigenvalue weighted by molar-refractivity contribution is 5.71. The first-order valence-corrected chi connectivity index (χ1v) is 8.04. The highest BCUT2D eigenvalue weighted by atomic mass is 19.4. The van der Waals surface area contributed by atoms with Gasteiger partial charge in [0, 0.05) is 19.1 Å². The van der Waals surface area contributed by atoms with Crippen molar-refractivity contribution in [3.05, 3.63) is 71.3 Å². The Hall–Kier alpha value is -2.34. The van der Waals surface area contributed by atoms with E-state index >= 15 is 0 Å². The van der Waals surface area contributed by atoms with E-state index in [4.69, 9.17) is 0 Å². The van der Waals surface area contributed by atoms with E-state index in [1.54, 1.807) is 0 Å². The molecule has 25 heavy (non-hydrogen) atoms. The van der Waals surface area contributed by atoms with Crippen LogP contribution in [0.3, 0.4) is 0 Å². The monoisotopic (exact) mass is 349 g/mol. The number of aliphatic carboxylic acids is 1. The number of benzene rings is 2. The molecule has 0 spiro atoms. The van der Waals surface area contributed by atoms with E-state index in [1.807, 2.05) is 35.2 Å². The molecule has 0 bridgehead atoms. The van der Waals surface area contributed by atoms with Crippen LogP contribution in [0.4, 0.5) is 13.2 Å². The third kappa shape index (κ3) is 3.85. The van der Waals surface area contributed by atoms with Crippen molar-refractivity contribution >= 4 is 5.97 Å². The van der Waals surface area contributed by atoms with Gasteiger partial charge in [-0.15, -0.1) is 0 Å². The number of carbonyl (C=O) groups is 1. The van der Waals surface area contributed by atoms with E-state index in [0.717, 1.165) is 17.7 Å². The van der Waals surface area contributed by atoms with Crippen LogP contribution in [-0.2, 0) is 17.5 Å². The van der Waals surface area contributed by atoms with Gasteiger partial charge in [0.2, 0.25) is 0 Å². The normalized spacial score (nSPS) is 21.4. The second-order valence-corrected chi connectivity index (χ2v) is 6.25. The van der Waals surface area contributed by atoms with Crippen molar-refractivity contribution in [3.8, 4) is 0 Å². The summed E-state index contributed by atoms with van der Waals surface area (Å²) in [6, 6.07) is 14.0. The third-order valence-electron chi connectivity index (χ3n) is 4.63. The number of rotatable bonds is 4. The molecule has 1 aliphatic rings. The van der Waals surface area contributed by atoms with Crippen LogP contribution in [0.2, 0.25) is 0 Å². The summed E-state index contributed by atoms with van der Waals surface area (Å²) in [4.78, 5) is 13.6. The summed E-state index contributed by atoms with van der Waals surface area (Å²) in [6.45, 7) is 1.16. The molecule has 2 atom stereocenters. The van der Waals surface area contributed by atoms with E-state index in [1.165, 1.54) is 12.1 Å². The summed E-state index contributed by atoms with van der Waals surface area (Å²) in [5.41, 5.74) is 0.926. The fourth-order valence-electron chi connectivity index (χ4n) is 3.42. The Morgan fingerprint density at radius 1 is 1.08 bits per heavy atom. The number of likely N-dealkylation sites (tertiary alicyclic amines) is 1. The minimum absolute atomic E-state index is 0.431. The van der Waals surface area contributed by atoms with Gasteiger partial charge >= 0.3 is 12.1 Å². The van der Waals surface area contributed by atoms with Crippen molar-refractivity contribution in [1.29, 1.82) is 0 Å². The van der Waals surface area contributed by atoms with E-state index in [0.29, 0.717) is 25.1 Å². The molecule has 3 rings (SSSR count). The predicted molar refractivity (Wildman–Crippen MR) is 86.8 cm³/mol. The maximum absolute atomic E-state index is 12.8. The number of carboxylic acid groups (broad SMARTS) is 1. The Morgan fingerprint density at radius 3 is 2.28 bits per heavy atom. The summed E-state index contributed by atoms with van der Waals surface area (Å²) >= 11 is 0. The van der Waals surface area contributed by atoms with Crippen LogP contribution in [0.25, 0.3) is 0 Å². The van der Waals surface area contributed by atoms with Gasteiger partial charge in [0.15, 0.2) is 0 Å². The molecule has 132 valence electrons. The van der Waals surface area contributed by atoms with Gasteiger partial charge in [-0.2, -0.15) is 13.2 Å². The molecule has 0 aromatic heterocycles. The first kappa shape index (κ1) is 17.5. The van der Waals surface area contributed by atoms with Gasteiger partial charge in [-0.3, -0.25) is 9.69 Å². The smallest absolute Gasteiger partial charge is 0.416 e. The van der Waals surface area contributed by atoms with E-state index in [-0.39, 0.29) is 0 Å². The largest absolute Gasteiger partial charge is 0.481 e. The zero-order valence-electron chi connectivity index (χ0n) is 13.4. The molecule has 1 heterocycles. The van der Waals surface area contributed by atoms with Crippen LogP contribution in [0.1, 0.15) is 29.2 Å². The van der Waals surface area contributed by atoms with Crippen LogP contribution in [0.15, 0.2) is 54.6 Å². The summed E-state index contributed by atoms with van der Waals surface area (Å²) in [6.07, 6.45) is -3.92. The molecule has 6 heteroatoms. The molecular weight excluding hydrogens is 331 g/mol. The number of hydrogen-bond donors (Lipinski definition) is 1. The first-order valence-electron chi connectivity index (χ1n) is 8.04. The number of alkyl halides is 3. The van der Waals surface area contributed by atoms with Crippen molar-refractivity contribution in [2.24, 2.45) is 5.92 Å². The Kier molecular flexibility index (Phi) is 4.81. The predicted octanol–water partition coefficient (Wildman–Crippen LogP) is 4.35. The molecule has 0 amide bonds. The molecule has 1 N–H and O–H groups in total. The first-order chi connectivity index (χ1) is 11.9. The molecule has 1 aliphatic heterocycles. The number of carboxylic acids is 1. The topological polar surface area (TPSA) is 40.5 Å². The molecule has 2 unspecified atom stereocenters. The van der Waals surface area contributed by atoms with Gasteiger partial charge in [0.25, 0.3) is 0 Å². The minimum Gasteiger partial charge on any atom is -0.481 e. The Morgan fingerprint density at radius 2 is 1.72 bits per heavy atom. The molecule has 3 nitrogen and oxygen atoms in total. The van der Waals surface area contributed by atoms with Gasteiger partial charge < -0.3 is 5.11 Å². The van der Waals surface area contributed by atoms with Crippen molar-refractivity contribution in [1.82, 2.24) is 4.90 Å². The van der Waals surface area contributed by atoms with Gasteiger partial charge in [0.1, 0.15) is 0 Å². The van der Waals surface area contributed by atoms with Gasteiger partial charge in [-0.25, -0.2) is 0 Å². The standard InChI is InChI=1S/C19H18F3NO2/c20-19(21,22)15-8-6-14(7-9-15)17-16(18(24)25)10-11-23(17)12-13-4-2-1-3-5-13/h1-9,16-17H,10-12H2,(H,24,25). The molecule has 2 aromatic carbocycles. The highest BCUT2D eigenvalue weighted by Crippen LogP contribution is 2.39. The van der Waals surface area contributed by atoms with E-state index in [2.05, 4.69) is 0 Å². The summed E-state index contributed by atoms with van der Waals surface area (Å²) < 4.78 is 38.3. The van der Waals surface area contributed by atoms with Crippen LogP contribution in [0, 0.1) is 5.92 Å². The number of halogens is 3. The maximum Gasteiger partial charge on any atom is 0.416 e. The SMILES string of the molecule is O=C(O)C1CCN(Cc2ccccc2)C1c1ccc(C(F)(F)F)cc1. The van der Waals surface area contributed by atoms with E-state index < -0.39 is 29.7 Å². The molecule has 0 radical (unpaired) electrons. The molecule has 2 aromatic rings. The lowest BCUT2D eigenvalue weighted by molar-refractivity contribution is -0.143. The second-order valence-electron chi connectivity index (χ2n) is 6.25. The maximum atomic E-state index is 12.8. The fourth-order valence-corrected chi connectivity index (χ4v) is 3.42. The fraction of sp³-hybridized carbons (Fsp3) is 0.316. The number of nitrogens with zero attached hydrogens (tertiary/aromatic N) is 1. The zero-order valence-corrected chi connectivity index (χ0v) is 13.4. The summed E-state index contributed by atoms with van der Waals surface area (Å²) in [5, 5.41) is 9.51.